The number of aliphatic hydroxyl groups excluding tert-OH is 3. The number of nitrogens with one attached hydrogen (secondary N) is 2. The van der Waals surface area contributed by atoms with E-state index in [1.807, 2.05) is 50.5 Å². The Labute approximate surface area is 852 Å². The second-order valence-electron chi connectivity index (χ2n) is 32.8. The van der Waals surface area contributed by atoms with Gasteiger partial charge in [-0.2, -0.15) is 18.4 Å². The number of sulfone groups is 2. The molecule has 37 nitrogen and oxygen atoms in total. The molecule has 18 N–H and O–H groups in total. The Balaban J connectivity index is 0.000000198. The number of guanidine groups is 2. The first-order valence-electron chi connectivity index (χ1n) is 42.5. The van der Waals surface area contributed by atoms with Crippen LogP contribution in [0.15, 0.2) is 248 Å². The monoisotopic (exact) mass is 2190 g/mol. The van der Waals surface area contributed by atoms with E-state index >= 15 is 0 Å². The van der Waals surface area contributed by atoms with E-state index in [2.05, 4.69) is 30.4 Å². The summed E-state index contributed by atoms with van der Waals surface area (Å²) in [5, 5.41) is 55.0. The van der Waals surface area contributed by atoms with Crippen molar-refractivity contribution < 1.29 is 143 Å². The molecular formula is C96H89Cl4F4N10O27PS4. The Morgan fingerprint density at radius 2 is 0.918 bits per heavy atom. The van der Waals surface area contributed by atoms with Crippen LogP contribution < -0.4 is 48.3 Å². The molecule has 1 saturated heterocycles. The Morgan fingerprint density at radius 3 is 1.29 bits per heavy atom. The molecule has 3 aliphatic rings. The number of hydrogen-bond acceptors (Lipinski definition) is 24. The quantitative estimate of drug-likeness (QED) is 0.00631. The average molecular weight is 2190 g/mol. The molecule has 3 aliphatic heterocycles. The highest BCUT2D eigenvalue weighted by Gasteiger charge is 2.37. The molecule has 0 bridgehead atoms. The number of nitrogens with zero attached hydrogens (tertiary/aromatic N) is 4. The zero-order valence-electron chi connectivity index (χ0n) is 76.5. The number of nitrogens with two attached hydrogens (primary N) is 4. The fourth-order valence-corrected chi connectivity index (χ4v) is 19.9. The molecule has 4 amide bonds. The SMILES string of the molecule is C/C(=C\c1cc(F)c(Oc2ccc(S(=O)(=O)CC[C@@H]3C[C@H](O)[C@@H](O)C(O)O3)cc2)c(F)c1)C(=O)N=C(N)N.C/C(=C\c1cc(F)c(Oc2ccc(S(=O)(=O)Cc3cc(C(=O)O)cc(C(=O)O)c3)cc2)c(F)c1)C(=O)N=C(N)N.CN1Cc2c(Cl)cc(Cl)cc2C(c2ccc(NC(=O)c3cccc(P(=O)(O)O)c3)cc2)C1.CN1Cc2c(Cl)cc(Cl)cc2C(c2ccc(NC(=O)c3cccc(S(=O)(=O)O)c3)cc2)C1.O=S(=O)=O. The topological polar surface area (TPSA) is 622 Å². The van der Waals surface area contributed by atoms with Crippen molar-refractivity contribution >= 4 is 171 Å². The molecule has 6 atom stereocenters. The molecule has 11 aromatic rings. The van der Waals surface area contributed by atoms with Crippen molar-refractivity contribution in [3.8, 4) is 23.0 Å². The Kier molecular flexibility index (Phi) is 38.9. The molecule has 3 heterocycles. The van der Waals surface area contributed by atoms with Gasteiger partial charge >= 0.3 is 30.1 Å². The molecule has 3 unspecified atom stereocenters. The molecule has 11 aromatic carbocycles. The first-order valence-corrected chi connectivity index (χ1v) is 51.4. The fraction of sp³-hybridized carbons (Fsp3) is 0.188. The van der Waals surface area contributed by atoms with Crippen molar-refractivity contribution in [2.75, 3.05) is 43.6 Å². The highest BCUT2D eigenvalue weighted by Crippen LogP contribution is 2.43. The van der Waals surface area contributed by atoms with Crippen LogP contribution in [0.1, 0.15) is 130 Å². The second kappa shape index (κ2) is 49.6. The van der Waals surface area contributed by atoms with Crippen LogP contribution in [0.4, 0.5) is 28.9 Å². The number of rotatable bonds is 25. The van der Waals surface area contributed by atoms with E-state index < -0.39 is 172 Å². The summed E-state index contributed by atoms with van der Waals surface area (Å²) in [4.78, 5) is 100. The van der Waals surface area contributed by atoms with Gasteiger partial charge in [-0.15, -0.1) is 12.6 Å². The van der Waals surface area contributed by atoms with E-state index in [0.29, 0.717) is 31.5 Å². The summed E-state index contributed by atoms with van der Waals surface area (Å²) in [6.07, 6.45) is -2.86. The molecule has 0 aromatic heterocycles. The lowest BCUT2D eigenvalue weighted by atomic mass is 9.84. The predicted molar refractivity (Wildman–Crippen MR) is 532 cm³/mol. The molecule has 50 heteroatoms. The zero-order valence-corrected chi connectivity index (χ0v) is 83.7. The lowest BCUT2D eigenvalue weighted by Crippen LogP contribution is -2.48. The van der Waals surface area contributed by atoms with Crippen molar-refractivity contribution in [1.82, 2.24) is 9.80 Å². The number of carbonyl (C=O) groups is 6. The summed E-state index contributed by atoms with van der Waals surface area (Å²) in [5.41, 5.74) is 27.6. The van der Waals surface area contributed by atoms with E-state index in [9.17, 15) is 116 Å². The molecular weight excluding hydrogens is 2100 g/mol. The van der Waals surface area contributed by atoms with Crippen molar-refractivity contribution in [1.29, 1.82) is 0 Å². The number of aliphatic imine (C=N–C) groups is 2. The molecule has 14 rings (SSSR count). The normalized spacial score (nSPS) is 16.3. The Bertz CT molecular complexity index is 7440. The lowest BCUT2D eigenvalue weighted by molar-refractivity contribution is -0.246. The summed E-state index contributed by atoms with van der Waals surface area (Å²) in [6.45, 7) is 5.83. The standard InChI is InChI=1S/C26H21F2N3O8S.C24H27F2N3O8S.C23H21Cl2N2O4P.C23H20Cl2N2O4S.O3S/c1-13(23(32)31-26(29)30)6-14-9-20(27)22(21(28)10-14)39-18-2-4-19(5-3-18)40(37,38)12-15-7-16(24(33)34)11-17(8-15)25(35)36;1-12(22(32)29-24(27)28)8-13-9-17(25)21(18(26)10-13)36-14-2-4-16(5-3-14)38(34,35)7-6-15-11-19(30)20(31)23(33)37-15;2*1-27-12-20(19-10-16(24)11-22(25)21(19)13-27)14-5-7-17(8-6-14)26-23(28)15-3-2-4-18(9-15)32(29,30)31;1-4(2)3/h2-11H,12H2,1H3,(H,33,34)(H,35,36)(H4,29,30,31,32);2-5,8-10,15,19-20,23,30-31,33H,6-7,11H2,1H3,(H4,27,28,29,32);2-11,20H,12-13H2,1H3,(H,26,28)(H2,29,30,31);2-11,20H,12-13H2,1H3,(H,26,28)(H,29,30,31);/b13-6+;12-8+;;;/t;15-,19+,20-,23?;;;/m.1.../s1. The van der Waals surface area contributed by atoms with Crippen LogP contribution in [0.3, 0.4) is 0 Å². The van der Waals surface area contributed by atoms with E-state index in [1.54, 1.807) is 36.4 Å². The minimum atomic E-state index is -4.43. The summed E-state index contributed by atoms with van der Waals surface area (Å²) in [5.74, 6) is -13.3. The third-order valence-corrected chi connectivity index (χ3v) is 28.2. The Hall–Kier alpha value is -13.5. The highest BCUT2D eigenvalue weighted by molar-refractivity contribution is 7.91. The van der Waals surface area contributed by atoms with E-state index in [4.69, 9.17) is 96.2 Å². The van der Waals surface area contributed by atoms with Gasteiger partial charge in [-0.05, 0) is 273 Å². The van der Waals surface area contributed by atoms with Crippen LogP contribution in [-0.4, -0.2) is 193 Å². The number of halogens is 8. The number of fused-ring (bicyclic) bond motifs is 2. The van der Waals surface area contributed by atoms with Gasteiger partial charge in [-0.25, -0.2) is 44.0 Å². The van der Waals surface area contributed by atoms with Gasteiger partial charge in [0.2, 0.25) is 0 Å². The van der Waals surface area contributed by atoms with Crippen molar-refractivity contribution in [2.45, 2.75) is 96.7 Å². The van der Waals surface area contributed by atoms with Crippen molar-refractivity contribution in [3.05, 3.63) is 339 Å². The average Bonchev–Trinajstić information content (AvgIpc) is 0.778. The number of ether oxygens (including phenoxy) is 3. The largest absolute Gasteiger partial charge is 0.478 e. The third kappa shape index (κ3) is 32.0. The first kappa shape index (κ1) is 114. The van der Waals surface area contributed by atoms with Gasteiger partial charge in [0.05, 0.1) is 54.8 Å². The minimum Gasteiger partial charge on any atom is -0.478 e. The van der Waals surface area contributed by atoms with Crippen LogP contribution in [0.5, 0.6) is 23.0 Å². The summed E-state index contributed by atoms with van der Waals surface area (Å²) >= 11 is 25.4. The maximum absolute atomic E-state index is 14.6. The van der Waals surface area contributed by atoms with Crippen LogP contribution in [0.25, 0.3) is 12.2 Å². The molecule has 770 valence electrons. The molecule has 0 saturated carbocycles. The maximum Gasteiger partial charge on any atom is 0.425 e. The van der Waals surface area contributed by atoms with Gasteiger partial charge in [0.1, 0.15) is 17.6 Å². The number of likely N-dealkylation sites (N-methyl/N-ethyl adjacent to an activating group) is 2. The van der Waals surface area contributed by atoms with Crippen LogP contribution in [-0.2, 0) is 78.1 Å². The van der Waals surface area contributed by atoms with Gasteiger partial charge < -0.3 is 92.9 Å². The highest BCUT2D eigenvalue weighted by atomic mass is 35.5. The number of hydrogen-bond donors (Lipinski definition) is 14. The van der Waals surface area contributed by atoms with Crippen LogP contribution >= 0.6 is 54.0 Å². The van der Waals surface area contributed by atoms with Gasteiger partial charge in [-0.3, -0.25) is 28.3 Å². The van der Waals surface area contributed by atoms with Crippen molar-refractivity contribution in [2.24, 2.45) is 32.9 Å². The summed E-state index contributed by atoms with van der Waals surface area (Å²) in [7, 11) is -15.7. The molecule has 0 spiro atoms. The molecule has 0 radical (unpaired) electrons. The van der Waals surface area contributed by atoms with E-state index in [-0.39, 0.29) is 101 Å². The number of carboxylic acid groups (broad SMARTS) is 2. The number of amides is 4. The summed E-state index contributed by atoms with van der Waals surface area (Å²) in [6, 6.07) is 49.1. The van der Waals surface area contributed by atoms with Crippen LogP contribution in [0, 0.1) is 23.3 Å². The smallest absolute Gasteiger partial charge is 0.425 e. The molecule has 0 aliphatic carbocycles. The third-order valence-electron chi connectivity index (χ3n) is 21.8. The predicted octanol–water partition coefficient (Wildman–Crippen LogP) is 13.0. The van der Waals surface area contributed by atoms with Gasteiger partial charge in [-0.1, -0.05) is 82.8 Å². The van der Waals surface area contributed by atoms with E-state index in [1.165, 1.54) is 86.7 Å². The number of aromatic carboxylic acids is 2. The second-order valence-corrected chi connectivity index (χ2v) is 42.0. The lowest BCUT2D eigenvalue weighted by Gasteiger charge is -2.34. The summed E-state index contributed by atoms with van der Waals surface area (Å²) < 4.78 is 194. The number of carbonyl (C=O) groups excluding carboxylic acids is 4. The fourth-order valence-electron chi connectivity index (χ4n) is 15.0. The Morgan fingerprint density at radius 1 is 0.527 bits per heavy atom. The van der Waals surface area contributed by atoms with E-state index in [0.717, 1.165) is 138 Å². The molecule has 1 fully saturated rings. The first-order chi connectivity index (χ1) is 68.4. The number of benzene rings is 11. The van der Waals surface area contributed by atoms with Gasteiger partial charge in [0.15, 0.2) is 72.7 Å². The van der Waals surface area contributed by atoms with Crippen molar-refractivity contribution in [3.63, 3.8) is 0 Å². The zero-order chi connectivity index (χ0) is 108. The molecule has 146 heavy (non-hydrogen) atoms. The number of aliphatic hydroxyl groups is 3. The number of anilines is 2. The van der Waals surface area contributed by atoms with Gasteiger partial charge in [0, 0.05) is 98.2 Å². The van der Waals surface area contributed by atoms with Crippen LogP contribution in [0.2, 0.25) is 20.1 Å². The minimum absolute atomic E-state index is 0.00605. The number of carboxylic acids is 2. The van der Waals surface area contributed by atoms with Gasteiger partial charge in [0.25, 0.3) is 33.7 Å². The maximum atomic E-state index is 14.6.